The van der Waals surface area contributed by atoms with Crippen LogP contribution in [0.3, 0.4) is 0 Å². The van der Waals surface area contributed by atoms with Crippen LogP contribution >= 0.6 is 11.8 Å². The van der Waals surface area contributed by atoms with Gasteiger partial charge < -0.3 is 10.6 Å². The quantitative estimate of drug-likeness (QED) is 0.564. The minimum atomic E-state index is -0.190. The predicted molar refractivity (Wildman–Crippen MR) is 117 cm³/mol. The van der Waals surface area contributed by atoms with Gasteiger partial charge in [-0.3, -0.25) is 9.59 Å². The third kappa shape index (κ3) is 5.47. The number of carbonyl (C=O) groups is 2. The Balaban J connectivity index is 1.63. The minimum absolute atomic E-state index is 0.179. The van der Waals surface area contributed by atoms with E-state index in [1.807, 2.05) is 54.2 Å². The van der Waals surface area contributed by atoms with Gasteiger partial charge in [0.25, 0.3) is 11.8 Å². The molecule has 4 nitrogen and oxygen atoms in total. The van der Waals surface area contributed by atoms with Gasteiger partial charge in [0.15, 0.2) is 0 Å². The van der Waals surface area contributed by atoms with E-state index in [1.165, 1.54) is 5.56 Å². The first-order valence-electron chi connectivity index (χ1n) is 9.10. The Morgan fingerprint density at radius 3 is 1.89 bits per heavy atom. The van der Waals surface area contributed by atoms with Crippen LogP contribution < -0.4 is 10.6 Å². The first kappa shape index (κ1) is 19.7. The fraction of sp³-hybridized carbons (Fsp3) is 0.130. The zero-order valence-electron chi connectivity index (χ0n) is 15.6. The van der Waals surface area contributed by atoms with Crippen molar-refractivity contribution in [2.75, 3.05) is 16.4 Å². The van der Waals surface area contributed by atoms with E-state index in [0.29, 0.717) is 22.5 Å². The molecule has 0 bridgehead atoms. The van der Waals surface area contributed by atoms with Crippen LogP contribution in [0, 0.1) is 0 Å². The number of thioether (sulfide) groups is 1. The third-order valence-corrected chi connectivity index (χ3v) is 5.05. The summed E-state index contributed by atoms with van der Waals surface area (Å²) < 4.78 is 0. The van der Waals surface area contributed by atoms with Gasteiger partial charge in [-0.25, -0.2) is 0 Å². The van der Waals surface area contributed by atoms with Crippen molar-refractivity contribution in [3.63, 3.8) is 0 Å². The van der Waals surface area contributed by atoms with Gasteiger partial charge in [0.05, 0.1) is 0 Å². The number of carbonyl (C=O) groups excluding carboxylic acids is 2. The van der Waals surface area contributed by atoms with Crippen LogP contribution in [0.1, 0.15) is 33.2 Å². The molecular weight excluding hydrogens is 368 g/mol. The molecule has 28 heavy (non-hydrogen) atoms. The molecule has 0 fully saturated rings. The molecule has 0 atom stereocenters. The Morgan fingerprint density at radius 1 is 0.750 bits per heavy atom. The number of hydrogen-bond donors (Lipinski definition) is 2. The largest absolute Gasteiger partial charge is 0.322 e. The molecule has 0 radical (unpaired) electrons. The second-order valence-electron chi connectivity index (χ2n) is 6.19. The van der Waals surface area contributed by atoms with Crippen molar-refractivity contribution in [2.45, 2.75) is 12.7 Å². The Kier molecular flexibility index (Phi) is 6.87. The summed E-state index contributed by atoms with van der Waals surface area (Å²) in [5, 5.41) is 5.72. The monoisotopic (exact) mass is 390 g/mol. The summed E-state index contributed by atoms with van der Waals surface area (Å²) in [5.41, 5.74) is 3.64. The van der Waals surface area contributed by atoms with Crippen LogP contribution in [-0.2, 0) is 5.75 Å². The van der Waals surface area contributed by atoms with E-state index in [9.17, 15) is 9.59 Å². The molecule has 3 aromatic rings. The van der Waals surface area contributed by atoms with Gasteiger partial charge in [-0.15, -0.1) is 0 Å². The molecular formula is C23H22N2O2S. The van der Waals surface area contributed by atoms with Crippen molar-refractivity contribution in [1.29, 1.82) is 0 Å². The normalized spacial score (nSPS) is 10.3. The molecule has 5 heteroatoms. The van der Waals surface area contributed by atoms with Gasteiger partial charge >= 0.3 is 0 Å². The van der Waals surface area contributed by atoms with Gasteiger partial charge in [-0.1, -0.05) is 43.3 Å². The standard InChI is InChI=1S/C23H22N2O2S/c1-2-28-16-17-11-13-19(14-12-17)23(27)25-21-10-6-9-20(15-21)24-22(26)18-7-4-3-5-8-18/h3-15H,2,16H2,1H3,(H,24,26)(H,25,27). The van der Waals surface area contributed by atoms with Gasteiger partial charge in [-0.05, 0) is 53.8 Å². The molecule has 0 heterocycles. The Hall–Kier alpha value is -3.05. The van der Waals surface area contributed by atoms with Crippen molar-refractivity contribution < 1.29 is 9.59 Å². The SMILES string of the molecule is CCSCc1ccc(C(=O)Nc2cccc(NC(=O)c3ccccc3)c2)cc1. The van der Waals surface area contributed by atoms with E-state index >= 15 is 0 Å². The number of hydrogen-bond acceptors (Lipinski definition) is 3. The lowest BCUT2D eigenvalue weighted by molar-refractivity contribution is 0.101. The fourth-order valence-electron chi connectivity index (χ4n) is 2.64. The highest BCUT2D eigenvalue weighted by Crippen LogP contribution is 2.18. The first-order valence-corrected chi connectivity index (χ1v) is 10.3. The zero-order valence-corrected chi connectivity index (χ0v) is 16.5. The van der Waals surface area contributed by atoms with E-state index in [1.54, 1.807) is 36.4 Å². The lowest BCUT2D eigenvalue weighted by atomic mass is 10.1. The highest BCUT2D eigenvalue weighted by molar-refractivity contribution is 7.98. The van der Waals surface area contributed by atoms with Crippen LogP contribution in [-0.4, -0.2) is 17.6 Å². The van der Waals surface area contributed by atoms with Gasteiger partial charge in [0.2, 0.25) is 0 Å². The fourth-order valence-corrected chi connectivity index (χ4v) is 3.28. The van der Waals surface area contributed by atoms with E-state index in [0.717, 1.165) is 11.5 Å². The third-order valence-electron chi connectivity index (χ3n) is 4.10. The molecule has 3 rings (SSSR count). The predicted octanol–water partition coefficient (Wildman–Crippen LogP) is 5.44. The van der Waals surface area contributed by atoms with Crippen LogP contribution in [0.4, 0.5) is 11.4 Å². The van der Waals surface area contributed by atoms with Gasteiger partial charge in [-0.2, -0.15) is 11.8 Å². The van der Waals surface area contributed by atoms with E-state index in [4.69, 9.17) is 0 Å². The summed E-state index contributed by atoms with van der Waals surface area (Å²) in [5.74, 6) is 1.65. The first-order chi connectivity index (χ1) is 13.7. The summed E-state index contributed by atoms with van der Waals surface area (Å²) >= 11 is 1.85. The lowest BCUT2D eigenvalue weighted by Gasteiger charge is -2.09. The Morgan fingerprint density at radius 2 is 1.32 bits per heavy atom. The van der Waals surface area contributed by atoms with Gasteiger partial charge in [0, 0.05) is 28.3 Å². The average Bonchev–Trinajstić information content (AvgIpc) is 2.73. The highest BCUT2D eigenvalue weighted by Gasteiger charge is 2.08. The van der Waals surface area contributed by atoms with Crippen LogP contribution in [0.25, 0.3) is 0 Å². The molecule has 0 aliphatic rings. The number of nitrogens with one attached hydrogen (secondary N) is 2. The molecule has 0 aliphatic heterocycles. The number of benzene rings is 3. The maximum Gasteiger partial charge on any atom is 0.255 e. The van der Waals surface area contributed by atoms with Crippen LogP contribution in [0.2, 0.25) is 0 Å². The van der Waals surface area contributed by atoms with Crippen molar-refractivity contribution in [3.05, 3.63) is 95.6 Å². The van der Waals surface area contributed by atoms with Crippen molar-refractivity contribution >= 4 is 35.0 Å². The number of anilines is 2. The number of rotatable bonds is 7. The van der Waals surface area contributed by atoms with Gasteiger partial charge in [0.1, 0.15) is 0 Å². The van der Waals surface area contributed by atoms with E-state index < -0.39 is 0 Å². The molecule has 3 aromatic carbocycles. The summed E-state index contributed by atoms with van der Waals surface area (Å²) in [6.07, 6.45) is 0. The molecule has 2 N–H and O–H groups in total. The van der Waals surface area contributed by atoms with Crippen molar-refractivity contribution in [3.8, 4) is 0 Å². The second kappa shape index (κ2) is 9.76. The Labute approximate surface area is 169 Å². The number of amides is 2. The highest BCUT2D eigenvalue weighted by atomic mass is 32.2. The van der Waals surface area contributed by atoms with E-state index in [-0.39, 0.29) is 11.8 Å². The maximum atomic E-state index is 12.5. The van der Waals surface area contributed by atoms with E-state index in [2.05, 4.69) is 17.6 Å². The molecule has 142 valence electrons. The maximum absolute atomic E-state index is 12.5. The smallest absolute Gasteiger partial charge is 0.255 e. The van der Waals surface area contributed by atoms with Crippen molar-refractivity contribution in [2.24, 2.45) is 0 Å². The van der Waals surface area contributed by atoms with Crippen molar-refractivity contribution in [1.82, 2.24) is 0 Å². The Bertz CT molecular complexity index is 940. The molecule has 0 unspecified atom stereocenters. The minimum Gasteiger partial charge on any atom is -0.322 e. The lowest BCUT2D eigenvalue weighted by Crippen LogP contribution is -2.14. The molecule has 0 saturated carbocycles. The summed E-state index contributed by atoms with van der Waals surface area (Å²) in [4.78, 5) is 24.8. The molecule has 2 amide bonds. The molecule has 0 aromatic heterocycles. The zero-order chi connectivity index (χ0) is 19.8. The topological polar surface area (TPSA) is 58.2 Å². The summed E-state index contributed by atoms with van der Waals surface area (Å²) in [7, 11) is 0. The second-order valence-corrected chi connectivity index (χ2v) is 7.46. The average molecular weight is 391 g/mol. The van der Waals surface area contributed by atoms with Crippen LogP contribution in [0.5, 0.6) is 0 Å². The molecule has 0 aliphatic carbocycles. The summed E-state index contributed by atoms with van der Waals surface area (Å²) in [6.45, 7) is 2.13. The molecule has 0 saturated heterocycles. The molecule has 0 spiro atoms. The summed E-state index contributed by atoms with van der Waals surface area (Å²) in [6, 6.07) is 23.8. The van der Waals surface area contributed by atoms with Crippen LogP contribution in [0.15, 0.2) is 78.9 Å².